The third-order valence-electron chi connectivity index (χ3n) is 4.53. The maximum atomic E-state index is 14.5. The van der Waals surface area contributed by atoms with Crippen LogP contribution in [0.4, 0.5) is 10.2 Å². The monoisotopic (exact) mass is 361 g/mol. The van der Waals surface area contributed by atoms with E-state index in [0.29, 0.717) is 17.9 Å². The molecule has 140 valence electrons. The van der Waals surface area contributed by atoms with Crippen LogP contribution in [0.1, 0.15) is 32.1 Å². The number of carbonyl (C=O) groups is 1. The van der Waals surface area contributed by atoms with Crippen molar-refractivity contribution in [1.29, 1.82) is 0 Å². The summed E-state index contributed by atoms with van der Waals surface area (Å²) in [5.74, 6) is -0.470. The van der Waals surface area contributed by atoms with E-state index in [1.54, 1.807) is 12.1 Å². The van der Waals surface area contributed by atoms with Crippen molar-refractivity contribution < 1.29 is 13.9 Å². The molecule has 7 nitrogen and oxygen atoms in total. The van der Waals surface area contributed by atoms with Gasteiger partial charge in [-0.3, -0.25) is 9.89 Å². The minimum Gasteiger partial charge on any atom is -0.481 e. The van der Waals surface area contributed by atoms with E-state index in [1.807, 2.05) is 0 Å². The Morgan fingerprint density at radius 1 is 1.35 bits per heavy atom. The summed E-state index contributed by atoms with van der Waals surface area (Å²) in [4.78, 5) is 18.5. The van der Waals surface area contributed by atoms with E-state index in [2.05, 4.69) is 25.4 Å². The third kappa shape index (κ3) is 4.57. The predicted octanol–water partition coefficient (Wildman–Crippen LogP) is 2.82. The average molecular weight is 361 g/mol. The molecule has 26 heavy (non-hydrogen) atoms. The number of hydrogen-bond donors (Lipinski definition) is 2. The number of aromatic amines is 1. The van der Waals surface area contributed by atoms with Gasteiger partial charge in [0.25, 0.3) is 0 Å². The van der Waals surface area contributed by atoms with E-state index in [-0.39, 0.29) is 17.4 Å². The third-order valence-corrected chi connectivity index (χ3v) is 4.53. The molecule has 2 aromatic heterocycles. The highest BCUT2D eigenvalue weighted by atomic mass is 19.1. The maximum absolute atomic E-state index is 14.5. The molecule has 0 bridgehead atoms. The second-order valence-electron chi connectivity index (χ2n) is 6.40. The van der Waals surface area contributed by atoms with E-state index in [4.69, 9.17) is 4.74 Å². The summed E-state index contributed by atoms with van der Waals surface area (Å²) < 4.78 is 19.5. The second-order valence-corrected chi connectivity index (χ2v) is 6.40. The fourth-order valence-electron chi connectivity index (χ4n) is 3.09. The molecule has 3 heterocycles. The average Bonchev–Trinajstić information content (AvgIpc) is 3.03. The molecule has 1 aliphatic rings. The van der Waals surface area contributed by atoms with Crippen molar-refractivity contribution in [3.63, 3.8) is 0 Å². The first-order valence-electron chi connectivity index (χ1n) is 8.94. The molecule has 0 unspecified atom stereocenters. The molecule has 0 spiro atoms. The second kappa shape index (κ2) is 8.75. The number of methoxy groups -OCH3 is 1. The van der Waals surface area contributed by atoms with Crippen LogP contribution in [0.2, 0.25) is 0 Å². The number of likely N-dealkylation sites (tertiary alicyclic amines) is 1. The van der Waals surface area contributed by atoms with Crippen LogP contribution in [-0.2, 0) is 4.79 Å². The van der Waals surface area contributed by atoms with E-state index in [1.165, 1.54) is 32.6 Å². The summed E-state index contributed by atoms with van der Waals surface area (Å²) in [7, 11) is 1.51. The zero-order valence-corrected chi connectivity index (χ0v) is 14.9. The molecule has 2 aromatic rings. The lowest BCUT2D eigenvalue weighted by molar-refractivity contribution is -0.116. The van der Waals surface area contributed by atoms with Crippen molar-refractivity contribution in [2.24, 2.45) is 0 Å². The Labute approximate surface area is 151 Å². The molecule has 0 atom stereocenters. The summed E-state index contributed by atoms with van der Waals surface area (Å²) in [5.41, 5.74) is 0.713. The van der Waals surface area contributed by atoms with Crippen LogP contribution >= 0.6 is 0 Å². The molecular weight excluding hydrogens is 337 g/mol. The number of H-pyrrole nitrogens is 1. The Hall–Kier alpha value is -2.48. The van der Waals surface area contributed by atoms with Crippen LogP contribution in [0, 0.1) is 5.82 Å². The van der Waals surface area contributed by atoms with Gasteiger partial charge in [0.2, 0.25) is 11.8 Å². The van der Waals surface area contributed by atoms with Gasteiger partial charge in [-0.25, -0.2) is 9.37 Å². The van der Waals surface area contributed by atoms with Gasteiger partial charge < -0.3 is 15.0 Å². The smallest absolute Gasteiger partial charge is 0.225 e. The van der Waals surface area contributed by atoms with Gasteiger partial charge in [-0.2, -0.15) is 5.10 Å². The summed E-state index contributed by atoms with van der Waals surface area (Å²) in [5, 5.41) is 9.02. The van der Waals surface area contributed by atoms with Crippen LogP contribution < -0.4 is 10.1 Å². The molecule has 0 radical (unpaired) electrons. The lowest BCUT2D eigenvalue weighted by atomic mass is 10.1. The minimum atomic E-state index is -0.596. The zero-order valence-electron chi connectivity index (χ0n) is 14.9. The van der Waals surface area contributed by atoms with Crippen molar-refractivity contribution >= 4 is 11.7 Å². The van der Waals surface area contributed by atoms with Crippen LogP contribution in [0.15, 0.2) is 18.3 Å². The summed E-state index contributed by atoms with van der Waals surface area (Å²) in [6.07, 6.45) is 6.35. The van der Waals surface area contributed by atoms with Gasteiger partial charge in [0.1, 0.15) is 5.69 Å². The molecule has 1 amide bonds. The summed E-state index contributed by atoms with van der Waals surface area (Å²) in [6, 6.07) is 3.31. The molecule has 0 saturated carbocycles. The Balaban J connectivity index is 1.52. The quantitative estimate of drug-likeness (QED) is 0.792. The first-order valence-corrected chi connectivity index (χ1v) is 8.94. The number of nitrogens with zero attached hydrogens (tertiary/aromatic N) is 3. The van der Waals surface area contributed by atoms with Crippen molar-refractivity contribution in [1.82, 2.24) is 20.1 Å². The van der Waals surface area contributed by atoms with Gasteiger partial charge in [-0.1, -0.05) is 6.42 Å². The van der Waals surface area contributed by atoms with Crippen molar-refractivity contribution in [3.8, 4) is 17.1 Å². The van der Waals surface area contributed by atoms with Crippen LogP contribution in [-0.4, -0.2) is 52.7 Å². The first kappa shape index (κ1) is 18.3. The largest absolute Gasteiger partial charge is 0.481 e. The van der Waals surface area contributed by atoms with Crippen LogP contribution in [0.5, 0.6) is 5.88 Å². The van der Waals surface area contributed by atoms with Gasteiger partial charge in [0.05, 0.1) is 7.11 Å². The van der Waals surface area contributed by atoms with Gasteiger partial charge >= 0.3 is 0 Å². The molecular formula is C18H24FN5O2. The molecule has 0 aliphatic carbocycles. The summed E-state index contributed by atoms with van der Waals surface area (Å²) in [6.45, 7) is 3.11. The number of anilines is 1. The molecule has 8 heteroatoms. The van der Waals surface area contributed by atoms with E-state index >= 15 is 0 Å². The van der Waals surface area contributed by atoms with Crippen molar-refractivity contribution in [2.45, 2.75) is 32.1 Å². The molecule has 2 N–H and O–H groups in total. The fourth-order valence-corrected chi connectivity index (χ4v) is 3.09. The van der Waals surface area contributed by atoms with Gasteiger partial charge in [0.15, 0.2) is 11.6 Å². The molecule has 1 aliphatic heterocycles. The van der Waals surface area contributed by atoms with E-state index in [0.717, 1.165) is 26.1 Å². The topological polar surface area (TPSA) is 83.1 Å². The number of amides is 1. The molecule has 1 saturated heterocycles. The molecule has 1 fully saturated rings. The fraction of sp³-hybridized carbons (Fsp3) is 0.500. The highest BCUT2D eigenvalue weighted by Gasteiger charge is 2.17. The Kier molecular flexibility index (Phi) is 6.17. The van der Waals surface area contributed by atoms with Gasteiger partial charge in [-0.15, -0.1) is 0 Å². The predicted molar refractivity (Wildman–Crippen MR) is 96.5 cm³/mol. The zero-order chi connectivity index (χ0) is 18.4. The highest BCUT2D eigenvalue weighted by molar-refractivity contribution is 5.90. The number of pyridine rings is 1. The lowest BCUT2D eigenvalue weighted by Crippen LogP contribution is -2.31. The number of nitrogens with one attached hydrogen (secondary N) is 2. The van der Waals surface area contributed by atoms with Crippen LogP contribution in [0.25, 0.3) is 11.3 Å². The van der Waals surface area contributed by atoms with E-state index in [9.17, 15) is 9.18 Å². The Morgan fingerprint density at radius 3 is 2.85 bits per heavy atom. The molecule has 0 aromatic carbocycles. The van der Waals surface area contributed by atoms with Crippen molar-refractivity contribution in [2.75, 3.05) is 32.1 Å². The van der Waals surface area contributed by atoms with Gasteiger partial charge in [-0.05, 0) is 45.0 Å². The number of halogens is 1. The number of rotatable bonds is 7. The van der Waals surface area contributed by atoms with Crippen LogP contribution in [0.3, 0.4) is 0 Å². The Bertz CT molecular complexity index is 726. The summed E-state index contributed by atoms with van der Waals surface area (Å²) >= 11 is 0. The van der Waals surface area contributed by atoms with Crippen molar-refractivity contribution in [3.05, 3.63) is 24.1 Å². The molecule has 3 rings (SSSR count). The SMILES string of the molecule is COc1ccc(-c2[nH]nc(NC(=O)CCCN3CCCCC3)c2F)cn1. The maximum Gasteiger partial charge on any atom is 0.225 e. The minimum absolute atomic E-state index is 0.0845. The number of hydrogen-bond acceptors (Lipinski definition) is 5. The number of aromatic nitrogens is 3. The first-order chi connectivity index (χ1) is 12.7. The number of piperidine rings is 1. The standard InChI is InChI=1S/C18H24FN5O2/c1-26-15-8-7-13(12-20-15)17-16(19)18(23-22-17)21-14(25)6-5-11-24-9-3-2-4-10-24/h7-8,12H,2-6,9-11H2,1H3,(H2,21,22,23,25). The lowest BCUT2D eigenvalue weighted by Gasteiger charge is -2.26. The normalized spacial score (nSPS) is 15.0. The van der Waals surface area contributed by atoms with E-state index < -0.39 is 5.82 Å². The number of carbonyl (C=O) groups excluding carboxylic acids is 1. The highest BCUT2D eigenvalue weighted by Crippen LogP contribution is 2.25. The Morgan fingerprint density at radius 2 is 2.15 bits per heavy atom. The number of ether oxygens (including phenoxy) is 1. The van der Waals surface area contributed by atoms with Gasteiger partial charge in [0, 0.05) is 24.2 Å².